The normalized spacial score (nSPS) is 12.0. The van der Waals surface area contributed by atoms with Gasteiger partial charge in [0, 0.05) is 24.4 Å². The average Bonchev–Trinajstić information content (AvgIpc) is 3.44. The highest BCUT2D eigenvalue weighted by Gasteiger charge is 2.20. The Balaban J connectivity index is 1.33. The summed E-state index contributed by atoms with van der Waals surface area (Å²) in [4.78, 5) is 16.3. The Morgan fingerprint density at radius 3 is 2.45 bits per heavy atom. The van der Waals surface area contributed by atoms with Crippen LogP contribution in [0.1, 0.15) is 35.0 Å². The fourth-order valence-electron chi connectivity index (χ4n) is 3.65. The molecular formula is C25H25N3O3. The molecule has 0 aliphatic rings. The lowest BCUT2D eigenvalue weighted by Gasteiger charge is -2.13. The van der Waals surface area contributed by atoms with Gasteiger partial charge in [-0.05, 0) is 55.5 Å². The van der Waals surface area contributed by atoms with Crippen LogP contribution < -0.4 is 0 Å². The molecule has 158 valence electrons. The second kappa shape index (κ2) is 9.43. The maximum Gasteiger partial charge on any atom is 0.328 e. The lowest BCUT2D eigenvalue weighted by molar-refractivity contribution is -0.141. The molecule has 6 heteroatoms. The molecule has 4 rings (SSSR count). The smallest absolute Gasteiger partial charge is 0.328 e. The van der Waals surface area contributed by atoms with Gasteiger partial charge in [0.2, 0.25) is 5.89 Å². The van der Waals surface area contributed by atoms with Crippen LogP contribution in [-0.2, 0) is 24.1 Å². The molecule has 0 unspecified atom stereocenters. The molecule has 1 N–H and O–H groups in total. The van der Waals surface area contributed by atoms with E-state index in [2.05, 4.69) is 22.2 Å². The number of rotatable bonds is 9. The van der Waals surface area contributed by atoms with E-state index >= 15 is 0 Å². The summed E-state index contributed by atoms with van der Waals surface area (Å²) in [6.07, 6.45) is 6.42. The molecule has 0 aliphatic heterocycles. The summed E-state index contributed by atoms with van der Waals surface area (Å²) >= 11 is 0. The summed E-state index contributed by atoms with van der Waals surface area (Å²) in [5.41, 5.74) is 4.19. The van der Waals surface area contributed by atoms with Gasteiger partial charge in [-0.3, -0.25) is 4.68 Å². The number of hydrogen-bond acceptors (Lipinski definition) is 4. The fraction of sp³-hybridized carbons (Fsp3) is 0.240. The van der Waals surface area contributed by atoms with E-state index in [9.17, 15) is 9.90 Å². The Morgan fingerprint density at radius 2 is 1.77 bits per heavy atom. The van der Waals surface area contributed by atoms with E-state index in [4.69, 9.17) is 4.42 Å². The maximum atomic E-state index is 11.6. The van der Waals surface area contributed by atoms with E-state index < -0.39 is 12.0 Å². The van der Waals surface area contributed by atoms with E-state index in [-0.39, 0.29) is 0 Å². The first kappa shape index (κ1) is 20.6. The van der Waals surface area contributed by atoms with Crippen molar-refractivity contribution in [1.29, 1.82) is 0 Å². The van der Waals surface area contributed by atoms with Crippen LogP contribution in [-0.4, -0.2) is 25.8 Å². The second-order valence-electron chi connectivity index (χ2n) is 7.60. The van der Waals surface area contributed by atoms with E-state index in [1.54, 1.807) is 18.5 Å². The van der Waals surface area contributed by atoms with Crippen molar-refractivity contribution in [2.24, 2.45) is 0 Å². The number of nitrogens with zero attached hydrogens (tertiary/aromatic N) is 3. The van der Waals surface area contributed by atoms with Gasteiger partial charge >= 0.3 is 5.97 Å². The molecule has 0 bridgehead atoms. The summed E-state index contributed by atoms with van der Waals surface area (Å²) in [5.74, 6) is 0.654. The number of aromatic nitrogens is 3. The lowest BCUT2D eigenvalue weighted by Crippen LogP contribution is -2.21. The van der Waals surface area contributed by atoms with Crippen molar-refractivity contribution in [3.63, 3.8) is 0 Å². The summed E-state index contributed by atoms with van der Waals surface area (Å²) < 4.78 is 7.33. The maximum absolute atomic E-state index is 11.6. The number of aryl methyl sites for hydroxylation is 3. The number of benzene rings is 2. The van der Waals surface area contributed by atoms with Crippen LogP contribution in [0.4, 0.5) is 0 Å². The molecule has 4 aromatic rings. The molecule has 0 fully saturated rings. The Bertz CT molecular complexity index is 1120. The van der Waals surface area contributed by atoms with Gasteiger partial charge < -0.3 is 9.52 Å². The van der Waals surface area contributed by atoms with Gasteiger partial charge in [0.25, 0.3) is 0 Å². The van der Waals surface area contributed by atoms with Crippen molar-refractivity contribution >= 4 is 5.97 Å². The predicted octanol–water partition coefficient (Wildman–Crippen LogP) is 4.89. The molecule has 2 aromatic carbocycles. The van der Waals surface area contributed by atoms with Crippen LogP contribution in [0, 0.1) is 6.92 Å². The number of oxazole rings is 1. The Labute approximate surface area is 181 Å². The van der Waals surface area contributed by atoms with Crippen LogP contribution in [0.15, 0.2) is 77.5 Å². The molecule has 2 aromatic heterocycles. The largest absolute Gasteiger partial charge is 0.480 e. The highest BCUT2D eigenvalue weighted by Crippen LogP contribution is 2.23. The molecule has 0 radical (unpaired) electrons. The third-order valence-corrected chi connectivity index (χ3v) is 5.37. The molecular weight excluding hydrogens is 390 g/mol. The van der Waals surface area contributed by atoms with Crippen LogP contribution in [0.3, 0.4) is 0 Å². The van der Waals surface area contributed by atoms with E-state index in [0.717, 1.165) is 41.8 Å². The number of carboxylic acids is 1. The van der Waals surface area contributed by atoms with Crippen molar-refractivity contribution in [2.45, 2.75) is 38.6 Å². The second-order valence-corrected chi connectivity index (χ2v) is 7.60. The van der Waals surface area contributed by atoms with Crippen LogP contribution in [0.2, 0.25) is 0 Å². The number of carboxylic acid groups (broad SMARTS) is 1. The minimum atomic E-state index is -0.884. The number of hydrogen-bond donors (Lipinski definition) is 1. The molecule has 1 atom stereocenters. The van der Waals surface area contributed by atoms with E-state index in [0.29, 0.717) is 12.3 Å². The Hall–Kier alpha value is -3.67. The first-order valence-corrected chi connectivity index (χ1v) is 10.4. The van der Waals surface area contributed by atoms with Gasteiger partial charge in [-0.1, -0.05) is 42.5 Å². The third-order valence-electron chi connectivity index (χ3n) is 5.37. The highest BCUT2D eigenvalue weighted by atomic mass is 16.4. The van der Waals surface area contributed by atoms with Crippen LogP contribution in [0.25, 0.3) is 11.5 Å². The zero-order valence-electron chi connectivity index (χ0n) is 17.4. The van der Waals surface area contributed by atoms with E-state index in [1.807, 2.05) is 49.4 Å². The monoisotopic (exact) mass is 415 g/mol. The fourth-order valence-corrected chi connectivity index (χ4v) is 3.65. The zero-order chi connectivity index (χ0) is 21.6. The molecule has 0 saturated heterocycles. The van der Waals surface area contributed by atoms with Crippen LogP contribution >= 0.6 is 0 Å². The molecule has 0 amide bonds. The standard InChI is InChI=1S/C25H25N3O3/c1-18-22(27-24(31-18)21-8-3-2-4-9-21)10-5-7-19-11-13-20(14-12-19)17-23(25(29)30)28-16-6-15-26-28/h2-4,6,8-9,11-16,23H,5,7,10,17H2,1H3,(H,29,30)/t23-/m1/s1. The molecule has 31 heavy (non-hydrogen) atoms. The van der Waals surface area contributed by atoms with Crippen molar-refractivity contribution < 1.29 is 14.3 Å². The first-order chi connectivity index (χ1) is 15.1. The average molecular weight is 415 g/mol. The Kier molecular flexibility index (Phi) is 6.26. The number of carbonyl (C=O) groups is 1. The summed E-state index contributed by atoms with van der Waals surface area (Å²) in [6, 6.07) is 19.1. The quantitative estimate of drug-likeness (QED) is 0.421. The van der Waals surface area contributed by atoms with Gasteiger partial charge in [0.15, 0.2) is 6.04 Å². The minimum Gasteiger partial charge on any atom is -0.480 e. The van der Waals surface area contributed by atoms with Gasteiger partial charge in [-0.2, -0.15) is 5.10 Å². The number of aliphatic carboxylic acids is 1. The van der Waals surface area contributed by atoms with Gasteiger partial charge in [0.1, 0.15) is 5.76 Å². The first-order valence-electron chi connectivity index (χ1n) is 10.4. The molecule has 2 heterocycles. The Morgan fingerprint density at radius 1 is 1.03 bits per heavy atom. The lowest BCUT2D eigenvalue weighted by atomic mass is 10.0. The van der Waals surface area contributed by atoms with Crippen LogP contribution in [0.5, 0.6) is 0 Å². The van der Waals surface area contributed by atoms with Gasteiger partial charge in [-0.15, -0.1) is 0 Å². The summed E-state index contributed by atoms with van der Waals surface area (Å²) in [7, 11) is 0. The van der Waals surface area contributed by atoms with Crippen molar-refractivity contribution in [2.75, 3.05) is 0 Å². The highest BCUT2D eigenvalue weighted by molar-refractivity contribution is 5.72. The van der Waals surface area contributed by atoms with Gasteiger partial charge in [0.05, 0.1) is 5.69 Å². The predicted molar refractivity (Wildman–Crippen MR) is 118 cm³/mol. The molecule has 0 saturated carbocycles. The molecule has 0 aliphatic carbocycles. The zero-order valence-corrected chi connectivity index (χ0v) is 17.4. The summed E-state index contributed by atoms with van der Waals surface area (Å²) in [5, 5.41) is 13.6. The van der Waals surface area contributed by atoms with E-state index in [1.165, 1.54) is 10.2 Å². The topological polar surface area (TPSA) is 81.1 Å². The molecule has 6 nitrogen and oxygen atoms in total. The molecule has 0 spiro atoms. The summed E-state index contributed by atoms with van der Waals surface area (Å²) in [6.45, 7) is 1.96. The SMILES string of the molecule is Cc1oc(-c2ccccc2)nc1CCCc1ccc(C[C@H](C(=O)O)n2cccn2)cc1. The van der Waals surface area contributed by atoms with Crippen molar-refractivity contribution in [3.8, 4) is 11.5 Å². The third kappa shape index (κ3) is 5.09. The minimum absolute atomic E-state index is 0.400. The van der Waals surface area contributed by atoms with Gasteiger partial charge in [-0.25, -0.2) is 9.78 Å². The van der Waals surface area contributed by atoms with Crippen molar-refractivity contribution in [1.82, 2.24) is 14.8 Å². The van der Waals surface area contributed by atoms with Crippen molar-refractivity contribution in [3.05, 3.63) is 95.6 Å².